The van der Waals surface area contributed by atoms with E-state index in [9.17, 15) is 4.79 Å². The van der Waals surface area contributed by atoms with Crippen LogP contribution in [0.25, 0.3) is 10.9 Å². The standard InChI is InChI=1S/C14H12ClN5O/c1-20-8-17-13(19-20)7-16-14(21)12-6-10(15)9-4-2-3-5-11(9)18-12/h2-6,8H,7H2,1H3,(H,16,21). The van der Waals surface area contributed by atoms with E-state index < -0.39 is 0 Å². The van der Waals surface area contributed by atoms with Gasteiger partial charge < -0.3 is 5.32 Å². The molecule has 2 heterocycles. The maximum atomic E-state index is 12.1. The van der Waals surface area contributed by atoms with Gasteiger partial charge >= 0.3 is 0 Å². The quantitative estimate of drug-likeness (QED) is 0.802. The zero-order chi connectivity index (χ0) is 14.8. The zero-order valence-electron chi connectivity index (χ0n) is 11.2. The smallest absolute Gasteiger partial charge is 0.270 e. The molecule has 0 radical (unpaired) electrons. The van der Waals surface area contributed by atoms with Crippen molar-refractivity contribution < 1.29 is 4.79 Å². The first kappa shape index (κ1) is 13.5. The summed E-state index contributed by atoms with van der Waals surface area (Å²) in [5.74, 6) is 0.229. The highest BCUT2D eigenvalue weighted by Crippen LogP contribution is 2.22. The van der Waals surface area contributed by atoms with Gasteiger partial charge in [-0.1, -0.05) is 29.8 Å². The molecule has 1 aromatic carbocycles. The van der Waals surface area contributed by atoms with Crippen molar-refractivity contribution in [3.63, 3.8) is 0 Å². The number of amides is 1. The average Bonchev–Trinajstić information content (AvgIpc) is 2.90. The molecular formula is C14H12ClN5O. The van der Waals surface area contributed by atoms with Crippen LogP contribution in [-0.2, 0) is 13.6 Å². The first-order valence-electron chi connectivity index (χ1n) is 6.31. The van der Waals surface area contributed by atoms with Crippen molar-refractivity contribution in [1.29, 1.82) is 0 Å². The molecule has 0 saturated heterocycles. The van der Waals surface area contributed by atoms with Crippen LogP contribution in [0, 0.1) is 0 Å². The monoisotopic (exact) mass is 301 g/mol. The van der Waals surface area contributed by atoms with Gasteiger partial charge in [-0.3, -0.25) is 9.48 Å². The van der Waals surface area contributed by atoms with Gasteiger partial charge in [-0.2, -0.15) is 5.10 Å². The van der Waals surface area contributed by atoms with Crippen molar-refractivity contribution in [3.8, 4) is 0 Å². The molecule has 0 fully saturated rings. The lowest BCUT2D eigenvalue weighted by molar-refractivity contribution is 0.0945. The number of benzene rings is 1. The van der Waals surface area contributed by atoms with E-state index in [1.807, 2.05) is 24.3 Å². The van der Waals surface area contributed by atoms with Crippen LogP contribution >= 0.6 is 11.6 Å². The van der Waals surface area contributed by atoms with E-state index in [-0.39, 0.29) is 18.1 Å². The Morgan fingerprint density at radius 1 is 1.38 bits per heavy atom. The zero-order valence-corrected chi connectivity index (χ0v) is 12.0. The lowest BCUT2D eigenvalue weighted by Gasteiger charge is -2.05. The largest absolute Gasteiger partial charge is 0.343 e. The lowest BCUT2D eigenvalue weighted by Crippen LogP contribution is -2.24. The number of aromatic nitrogens is 4. The summed E-state index contributed by atoms with van der Waals surface area (Å²) in [5, 5.41) is 8.13. The molecule has 0 aliphatic rings. The Morgan fingerprint density at radius 2 is 2.19 bits per heavy atom. The second kappa shape index (κ2) is 5.49. The molecule has 0 saturated carbocycles. The van der Waals surface area contributed by atoms with E-state index >= 15 is 0 Å². The predicted octanol–water partition coefficient (Wildman–Crippen LogP) is 1.95. The van der Waals surface area contributed by atoms with Crippen molar-refractivity contribution in [2.24, 2.45) is 7.05 Å². The van der Waals surface area contributed by atoms with E-state index in [2.05, 4.69) is 20.4 Å². The fraction of sp³-hybridized carbons (Fsp3) is 0.143. The highest BCUT2D eigenvalue weighted by molar-refractivity contribution is 6.35. The number of pyridine rings is 1. The minimum absolute atomic E-state index is 0.242. The first-order chi connectivity index (χ1) is 10.1. The molecule has 21 heavy (non-hydrogen) atoms. The highest BCUT2D eigenvalue weighted by atomic mass is 35.5. The van der Waals surface area contributed by atoms with E-state index in [1.54, 1.807) is 24.1 Å². The summed E-state index contributed by atoms with van der Waals surface area (Å²) in [6.07, 6.45) is 1.58. The van der Waals surface area contributed by atoms with Crippen LogP contribution in [0.4, 0.5) is 0 Å². The number of carbonyl (C=O) groups excluding carboxylic acids is 1. The molecule has 0 unspecified atom stereocenters. The Hall–Kier alpha value is -2.47. The molecule has 2 aromatic heterocycles. The topological polar surface area (TPSA) is 72.7 Å². The number of nitrogens with zero attached hydrogens (tertiary/aromatic N) is 4. The van der Waals surface area contributed by atoms with Crippen LogP contribution in [0.1, 0.15) is 16.3 Å². The maximum absolute atomic E-state index is 12.1. The number of para-hydroxylation sites is 1. The van der Waals surface area contributed by atoms with E-state index in [4.69, 9.17) is 11.6 Å². The third-order valence-electron chi connectivity index (χ3n) is 2.95. The number of carbonyl (C=O) groups is 1. The molecular weight excluding hydrogens is 290 g/mol. The molecule has 1 amide bonds. The Morgan fingerprint density at radius 3 is 2.95 bits per heavy atom. The summed E-state index contributed by atoms with van der Waals surface area (Å²) in [5.41, 5.74) is 0.959. The number of rotatable bonds is 3. The van der Waals surface area contributed by atoms with Crippen molar-refractivity contribution in [3.05, 3.63) is 53.2 Å². The van der Waals surface area contributed by atoms with E-state index in [1.165, 1.54) is 0 Å². The molecule has 0 bridgehead atoms. The summed E-state index contributed by atoms with van der Waals surface area (Å²) in [6.45, 7) is 0.242. The number of aryl methyl sites for hydroxylation is 1. The summed E-state index contributed by atoms with van der Waals surface area (Å²) in [7, 11) is 1.77. The normalized spacial score (nSPS) is 10.8. The Labute approximate surface area is 125 Å². The SMILES string of the molecule is Cn1cnc(CNC(=O)c2cc(Cl)c3ccccc3n2)n1. The number of halogens is 1. The minimum Gasteiger partial charge on any atom is -0.343 e. The number of nitrogens with one attached hydrogen (secondary N) is 1. The maximum Gasteiger partial charge on any atom is 0.270 e. The minimum atomic E-state index is -0.310. The lowest BCUT2D eigenvalue weighted by atomic mass is 10.2. The van der Waals surface area contributed by atoms with Crippen LogP contribution in [0.15, 0.2) is 36.7 Å². The first-order valence-corrected chi connectivity index (χ1v) is 6.69. The van der Waals surface area contributed by atoms with Crippen molar-refractivity contribution in [1.82, 2.24) is 25.1 Å². The summed E-state index contributed by atoms with van der Waals surface area (Å²) in [6, 6.07) is 8.97. The Kier molecular flexibility index (Phi) is 3.53. The second-order valence-corrected chi connectivity index (χ2v) is 4.93. The molecule has 3 aromatic rings. The molecule has 106 valence electrons. The van der Waals surface area contributed by atoms with Gasteiger partial charge in [0.2, 0.25) is 0 Å². The van der Waals surface area contributed by atoms with E-state index in [0.29, 0.717) is 16.4 Å². The van der Waals surface area contributed by atoms with Gasteiger partial charge in [0, 0.05) is 12.4 Å². The van der Waals surface area contributed by atoms with Crippen LogP contribution in [-0.4, -0.2) is 25.7 Å². The summed E-state index contributed by atoms with van der Waals surface area (Å²) < 4.78 is 1.58. The van der Waals surface area contributed by atoms with Crippen molar-refractivity contribution in [2.45, 2.75) is 6.54 Å². The van der Waals surface area contributed by atoms with Crippen LogP contribution in [0.3, 0.4) is 0 Å². The number of hydrogen-bond donors (Lipinski definition) is 1. The molecule has 0 aliphatic carbocycles. The number of hydrogen-bond acceptors (Lipinski definition) is 4. The fourth-order valence-corrected chi connectivity index (χ4v) is 2.23. The third-order valence-corrected chi connectivity index (χ3v) is 3.27. The van der Waals surface area contributed by atoms with Crippen LogP contribution in [0.2, 0.25) is 5.02 Å². The Balaban J connectivity index is 1.81. The van der Waals surface area contributed by atoms with E-state index in [0.717, 1.165) is 5.39 Å². The molecule has 0 aliphatic heterocycles. The van der Waals surface area contributed by atoms with Gasteiger partial charge in [0.15, 0.2) is 5.82 Å². The fourth-order valence-electron chi connectivity index (χ4n) is 1.96. The van der Waals surface area contributed by atoms with Crippen molar-refractivity contribution in [2.75, 3.05) is 0 Å². The van der Waals surface area contributed by atoms with Gasteiger partial charge in [0.25, 0.3) is 5.91 Å². The highest BCUT2D eigenvalue weighted by Gasteiger charge is 2.11. The Bertz CT molecular complexity index is 814. The molecule has 7 heteroatoms. The molecule has 6 nitrogen and oxygen atoms in total. The van der Waals surface area contributed by atoms with Gasteiger partial charge in [-0.05, 0) is 12.1 Å². The average molecular weight is 302 g/mol. The summed E-state index contributed by atoms with van der Waals surface area (Å²) in [4.78, 5) is 20.5. The summed E-state index contributed by atoms with van der Waals surface area (Å²) >= 11 is 6.18. The molecule has 1 N–H and O–H groups in total. The predicted molar refractivity (Wildman–Crippen MR) is 78.9 cm³/mol. The van der Waals surface area contributed by atoms with Gasteiger partial charge in [-0.25, -0.2) is 9.97 Å². The van der Waals surface area contributed by atoms with Crippen molar-refractivity contribution >= 4 is 28.4 Å². The molecule has 0 atom stereocenters. The van der Waals surface area contributed by atoms with Gasteiger partial charge in [0.05, 0.1) is 17.1 Å². The third kappa shape index (κ3) is 2.85. The van der Waals surface area contributed by atoms with Crippen LogP contribution < -0.4 is 5.32 Å². The van der Waals surface area contributed by atoms with Gasteiger partial charge in [0.1, 0.15) is 12.0 Å². The van der Waals surface area contributed by atoms with Gasteiger partial charge in [-0.15, -0.1) is 0 Å². The molecule has 0 spiro atoms. The number of fused-ring (bicyclic) bond motifs is 1. The second-order valence-electron chi connectivity index (χ2n) is 4.52. The van der Waals surface area contributed by atoms with Crippen LogP contribution in [0.5, 0.6) is 0 Å². The molecule has 3 rings (SSSR count).